The molecule has 1 heterocycles. The fraction of sp³-hybridized carbons (Fsp3) is 0.273. The van der Waals surface area contributed by atoms with Crippen LogP contribution in [-0.2, 0) is 6.54 Å². The van der Waals surface area contributed by atoms with E-state index in [0.29, 0.717) is 23.0 Å². The van der Waals surface area contributed by atoms with E-state index in [9.17, 15) is 4.39 Å². The fourth-order valence-corrected chi connectivity index (χ4v) is 2.09. The molecule has 1 aromatic heterocycles. The zero-order chi connectivity index (χ0) is 13.1. The quantitative estimate of drug-likeness (QED) is 0.850. The van der Waals surface area contributed by atoms with E-state index in [1.165, 1.54) is 18.5 Å². The van der Waals surface area contributed by atoms with Gasteiger partial charge < -0.3 is 5.32 Å². The van der Waals surface area contributed by atoms with Gasteiger partial charge in [0.1, 0.15) is 18.0 Å². The van der Waals surface area contributed by atoms with E-state index in [4.69, 9.17) is 23.2 Å². The minimum atomic E-state index is -0.482. The lowest BCUT2D eigenvalue weighted by Gasteiger charge is -2.15. The van der Waals surface area contributed by atoms with E-state index in [2.05, 4.69) is 20.5 Å². The van der Waals surface area contributed by atoms with Crippen molar-refractivity contribution in [1.29, 1.82) is 0 Å². The summed E-state index contributed by atoms with van der Waals surface area (Å²) in [4.78, 5) is 3.98. The molecular formula is C11H11Cl2FN4. The Bertz CT molecular complexity index is 530. The lowest BCUT2D eigenvalue weighted by Crippen LogP contribution is -2.19. The second-order valence-electron chi connectivity index (χ2n) is 3.82. The predicted octanol–water partition coefficient (Wildman–Crippen LogP) is 3.10. The maximum atomic E-state index is 13.4. The molecule has 0 radical (unpaired) electrons. The first-order chi connectivity index (χ1) is 8.58. The molecule has 0 aliphatic rings. The van der Waals surface area contributed by atoms with Crippen LogP contribution < -0.4 is 5.32 Å². The fourth-order valence-electron chi connectivity index (χ4n) is 1.55. The van der Waals surface area contributed by atoms with Crippen molar-refractivity contribution in [3.05, 3.63) is 45.7 Å². The summed E-state index contributed by atoms with van der Waals surface area (Å²) in [6.45, 7) is 2.37. The molecule has 1 aromatic carbocycles. The smallest absolute Gasteiger partial charge is 0.142 e. The number of nitrogens with zero attached hydrogens (tertiary/aromatic N) is 2. The van der Waals surface area contributed by atoms with Crippen LogP contribution >= 0.6 is 23.2 Å². The van der Waals surface area contributed by atoms with E-state index in [0.717, 1.165) is 0 Å². The molecule has 0 spiro atoms. The van der Waals surface area contributed by atoms with Gasteiger partial charge in [0.05, 0.1) is 11.6 Å². The molecule has 0 fully saturated rings. The Labute approximate surface area is 114 Å². The molecule has 7 heteroatoms. The van der Waals surface area contributed by atoms with E-state index in [1.807, 2.05) is 6.92 Å². The lowest BCUT2D eigenvalue weighted by atomic mass is 10.1. The Kier molecular flexibility index (Phi) is 4.16. The maximum Gasteiger partial charge on any atom is 0.142 e. The maximum absolute atomic E-state index is 13.4. The molecule has 2 rings (SSSR count). The van der Waals surface area contributed by atoms with Crippen molar-refractivity contribution in [3.63, 3.8) is 0 Å². The highest BCUT2D eigenvalue weighted by Crippen LogP contribution is 2.28. The molecule has 18 heavy (non-hydrogen) atoms. The van der Waals surface area contributed by atoms with E-state index in [1.54, 1.807) is 0 Å². The summed E-state index contributed by atoms with van der Waals surface area (Å²) < 4.78 is 13.4. The molecule has 0 saturated carbocycles. The van der Waals surface area contributed by atoms with Crippen LogP contribution in [0.2, 0.25) is 10.0 Å². The van der Waals surface area contributed by atoms with Crippen molar-refractivity contribution < 1.29 is 4.39 Å². The second-order valence-corrected chi connectivity index (χ2v) is 4.64. The molecule has 1 atom stereocenters. The average molecular weight is 289 g/mol. The number of hydrogen-bond donors (Lipinski definition) is 2. The minimum Gasteiger partial charge on any atom is -0.303 e. The van der Waals surface area contributed by atoms with Crippen LogP contribution in [0.3, 0.4) is 0 Å². The molecule has 96 valence electrons. The van der Waals surface area contributed by atoms with Gasteiger partial charge >= 0.3 is 0 Å². The molecule has 2 N–H and O–H groups in total. The van der Waals surface area contributed by atoms with E-state index < -0.39 is 5.82 Å². The number of benzene rings is 1. The number of hydrogen-bond acceptors (Lipinski definition) is 3. The molecular weight excluding hydrogens is 278 g/mol. The summed E-state index contributed by atoms with van der Waals surface area (Å²) in [6, 6.07) is 2.61. The Morgan fingerprint density at radius 1 is 1.39 bits per heavy atom. The molecule has 1 unspecified atom stereocenters. The van der Waals surface area contributed by atoms with Gasteiger partial charge in [0.15, 0.2) is 0 Å². The number of aromatic nitrogens is 3. The highest BCUT2D eigenvalue weighted by atomic mass is 35.5. The molecule has 0 bridgehead atoms. The predicted molar refractivity (Wildman–Crippen MR) is 68.1 cm³/mol. The summed E-state index contributed by atoms with van der Waals surface area (Å²) >= 11 is 11.7. The van der Waals surface area contributed by atoms with Gasteiger partial charge in [-0.1, -0.05) is 23.2 Å². The highest BCUT2D eigenvalue weighted by Gasteiger charge is 2.13. The minimum absolute atomic E-state index is 0.0196. The zero-order valence-corrected chi connectivity index (χ0v) is 11.1. The topological polar surface area (TPSA) is 53.6 Å². The Morgan fingerprint density at radius 3 is 2.83 bits per heavy atom. The Morgan fingerprint density at radius 2 is 2.17 bits per heavy atom. The van der Waals surface area contributed by atoms with Crippen molar-refractivity contribution in [2.75, 3.05) is 0 Å². The van der Waals surface area contributed by atoms with E-state index >= 15 is 0 Å². The van der Waals surface area contributed by atoms with Gasteiger partial charge in [-0.2, -0.15) is 5.10 Å². The SMILES string of the molecule is CC(NCc1ncn[nH]1)c1cc(F)c(Cl)cc1Cl. The van der Waals surface area contributed by atoms with Crippen LogP contribution in [0.25, 0.3) is 0 Å². The second kappa shape index (κ2) is 5.65. The van der Waals surface area contributed by atoms with Gasteiger partial charge in [0.2, 0.25) is 0 Å². The molecule has 0 aliphatic carbocycles. The summed E-state index contributed by atoms with van der Waals surface area (Å²) in [5, 5.41) is 10.1. The third-order valence-corrected chi connectivity index (χ3v) is 3.16. The monoisotopic (exact) mass is 288 g/mol. The number of rotatable bonds is 4. The van der Waals surface area contributed by atoms with Crippen molar-refractivity contribution in [2.24, 2.45) is 0 Å². The molecule has 0 aliphatic heterocycles. The first-order valence-corrected chi connectivity index (χ1v) is 6.05. The standard InChI is InChI=1S/C11H11Cl2FN4/c1-6(15-4-11-16-5-17-18-11)7-2-10(14)9(13)3-8(7)12/h2-3,5-6,15H,4H2,1H3,(H,16,17,18). The van der Waals surface area contributed by atoms with Crippen LogP contribution in [0.15, 0.2) is 18.5 Å². The largest absolute Gasteiger partial charge is 0.303 e. The van der Waals surface area contributed by atoms with Gasteiger partial charge in [-0.15, -0.1) is 0 Å². The average Bonchev–Trinajstić information content (AvgIpc) is 2.84. The molecule has 2 aromatic rings. The van der Waals surface area contributed by atoms with Crippen LogP contribution in [0.4, 0.5) is 4.39 Å². The van der Waals surface area contributed by atoms with Gasteiger partial charge in [-0.25, -0.2) is 9.37 Å². The van der Waals surface area contributed by atoms with Crippen LogP contribution in [-0.4, -0.2) is 15.2 Å². The number of aromatic amines is 1. The summed E-state index contributed by atoms with van der Waals surface area (Å²) in [5.41, 5.74) is 0.651. The van der Waals surface area contributed by atoms with Crippen molar-refractivity contribution in [3.8, 4) is 0 Å². The lowest BCUT2D eigenvalue weighted by molar-refractivity contribution is 0.553. The van der Waals surface area contributed by atoms with Crippen LogP contribution in [0.1, 0.15) is 24.4 Å². The van der Waals surface area contributed by atoms with Gasteiger partial charge in [0.25, 0.3) is 0 Å². The van der Waals surface area contributed by atoms with Gasteiger partial charge in [-0.05, 0) is 24.6 Å². The molecule has 4 nitrogen and oxygen atoms in total. The molecule has 0 amide bonds. The third kappa shape index (κ3) is 2.98. The first kappa shape index (κ1) is 13.3. The molecule has 0 saturated heterocycles. The van der Waals surface area contributed by atoms with Crippen molar-refractivity contribution in [2.45, 2.75) is 19.5 Å². The highest BCUT2D eigenvalue weighted by molar-refractivity contribution is 6.35. The normalized spacial score (nSPS) is 12.7. The summed E-state index contributed by atoms with van der Waals surface area (Å²) in [7, 11) is 0. The third-order valence-electron chi connectivity index (χ3n) is 2.55. The first-order valence-electron chi connectivity index (χ1n) is 5.30. The van der Waals surface area contributed by atoms with Gasteiger partial charge in [-0.3, -0.25) is 5.10 Å². The van der Waals surface area contributed by atoms with Crippen LogP contribution in [0, 0.1) is 5.82 Å². The summed E-state index contributed by atoms with van der Waals surface area (Å²) in [6.07, 6.45) is 1.43. The number of nitrogens with one attached hydrogen (secondary N) is 2. The number of H-pyrrole nitrogens is 1. The van der Waals surface area contributed by atoms with Crippen LogP contribution in [0.5, 0.6) is 0 Å². The van der Waals surface area contributed by atoms with E-state index in [-0.39, 0.29) is 11.1 Å². The zero-order valence-electron chi connectivity index (χ0n) is 9.54. The summed E-state index contributed by atoms with van der Waals surface area (Å²) in [5.74, 6) is 0.219. The number of halogens is 3. The van der Waals surface area contributed by atoms with Gasteiger partial charge in [0, 0.05) is 11.1 Å². The Hall–Kier alpha value is -1.17. The Balaban J connectivity index is 2.09. The van der Waals surface area contributed by atoms with Crippen molar-refractivity contribution >= 4 is 23.2 Å². The van der Waals surface area contributed by atoms with Crippen molar-refractivity contribution in [1.82, 2.24) is 20.5 Å².